The monoisotopic (exact) mass is 240 g/mol. The molecular formula is C13H17ClO2. The number of aryl methyl sites for hydroxylation is 1. The summed E-state index contributed by atoms with van der Waals surface area (Å²) in [6.07, 6.45) is 3.83. The molecular weight excluding hydrogens is 224 g/mol. The number of ether oxygens (including phenoxy) is 1. The molecule has 0 unspecified atom stereocenters. The van der Waals surface area contributed by atoms with E-state index in [0.29, 0.717) is 17.4 Å². The molecule has 3 heteroatoms. The second-order valence-corrected chi connectivity index (χ2v) is 5.06. The van der Waals surface area contributed by atoms with Gasteiger partial charge < -0.3 is 9.84 Å². The Morgan fingerprint density at radius 1 is 1.38 bits per heavy atom. The fraction of sp³-hybridized carbons (Fsp3) is 0.538. The van der Waals surface area contributed by atoms with Gasteiger partial charge in [-0.05, 0) is 37.5 Å². The van der Waals surface area contributed by atoms with Crippen molar-refractivity contribution in [3.63, 3.8) is 0 Å². The van der Waals surface area contributed by atoms with Gasteiger partial charge in [-0.25, -0.2) is 0 Å². The van der Waals surface area contributed by atoms with Crippen molar-refractivity contribution in [1.82, 2.24) is 0 Å². The number of rotatable bonds is 3. The van der Waals surface area contributed by atoms with Gasteiger partial charge in [-0.15, -0.1) is 0 Å². The quantitative estimate of drug-likeness (QED) is 0.878. The zero-order valence-corrected chi connectivity index (χ0v) is 10.3. The van der Waals surface area contributed by atoms with Crippen molar-refractivity contribution in [3.8, 4) is 5.75 Å². The van der Waals surface area contributed by atoms with E-state index < -0.39 is 5.60 Å². The smallest absolute Gasteiger partial charge is 0.138 e. The molecule has 0 aromatic heterocycles. The van der Waals surface area contributed by atoms with Crippen molar-refractivity contribution in [1.29, 1.82) is 0 Å². The van der Waals surface area contributed by atoms with E-state index in [1.807, 2.05) is 25.1 Å². The molecule has 1 aliphatic carbocycles. The second kappa shape index (κ2) is 4.64. The Hall–Kier alpha value is -0.730. The highest BCUT2D eigenvalue weighted by Gasteiger charge is 2.32. The van der Waals surface area contributed by atoms with Crippen LogP contribution in [0.5, 0.6) is 5.75 Å². The third-order valence-electron chi connectivity index (χ3n) is 3.12. The number of aliphatic hydroxyl groups is 1. The lowest BCUT2D eigenvalue weighted by molar-refractivity contribution is 0.00143. The molecule has 0 radical (unpaired) electrons. The van der Waals surface area contributed by atoms with Crippen LogP contribution in [0.15, 0.2) is 18.2 Å². The van der Waals surface area contributed by atoms with Crippen molar-refractivity contribution >= 4 is 11.6 Å². The first-order valence-corrected chi connectivity index (χ1v) is 6.08. The molecule has 16 heavy (non-hydrogen) atoms. The molecule has 0 spiro atoms. The zero-order valence-electron chi connectivity index (χ0n) is 9.50. The summed E-state index contributed by atoms with van der Waals surface area (Å²) in [5.74, 6) is 0.669. The molecule has 88 valence electrons. The van der Waals surface area contributed by atoms with Crippen LogP contribution in [-0.4, -0.2) is 17.3 Å². The summed E-state index contributed by atoms with van der Waals surface area (Å²) in [4.78, 5) is 0. The Labute approximate surface area is 101 Å². The van der Waals surface area contributed by atoms with Gasteiger partial charge in [0.15, 0.2) is 0 Å². The molecule has 1 aromatic carbocycles. The molecule has 2 rings (SSSR count). The summed E-state index contributed by atoms with van der Waals surface area (Å²) in [5, 5.41) is 10.7. The van der Waals surface area contributed by atoms with Crippen LogP contribution in [0, 0.1) is 6.92 Å². The second-order valence-electron chi connectivity index (χ2n) is 4.65. The molecule has 2 nitrogen and oxygen atoms in total. The molecule has 1 saturated carbocycles. The highest BCUT2D eigenvalue weighted by molar-refractivity contribution is 6.32. The van der Waals surface area contributed by atoms with Crippen LogP contribution in [0.25, 0.3) is 0 Å². The van der Waals surface area contributed by atoms with Crippen molar-refractivity contribution in [2.75, 3.05) is 6.61 Å². The Morgan fingerprint density at radius 2 is 2.06 bits per heavy atom. The minimum atomic E-state index is -0.646. The predicted molar refractivity (Wildman–Crippen MR) is 65.1 cm³/mol. The molecule has 0 amide bonds. The number of hydrogen-bond acceptors (Lipinski definition) is 2. The summed E-state index contributed by atoms with van der Waals surface area (Å²) in [6.45, 7) is 2.34. The van der Waals surface area contributed by atoms with Crippen molar-refractivity contribution in [2.45, 2.75) is 38.2 Å². The molecule has 0 aliphatic heterocycles. The maximum Gasteiger partial charge on any atom is 0.138 e. The predicted octanol–water partition coefficient (Wildman–Crippen LogP) is 3.33. The Morgan fingerprint density at radius 3 is 2.75 bits per heavy atom. The van der Waals surface area contributed by atoms with Crippen LogP contribution >= 0.6 is 11.6 Å². The molecule has 1 aliphatic rings. The van der Waals surface area contributed by atoms with Crippen LogP contribution in [-0.2, 0) is 0 Å². The Bertz CT molecular complexity index is 370. The van der Waals surface area contributed by atoms with Crippen LogP contribution in [0.2, 0.25) is 5.02 Å². The Kier molecular flexibility index (Phi) is 3.41. The van der Waals surface area contributed by atoms with E-state index >= 15 is 0 Å². The van der Waals surface area contributed by atoms with E-state index in [1.165, 1.54) is 0 Å². The van der Waals surface area contributed by atoms with E-state index in [2.05, 4.69) is 0 Å². The number of benzene rings is 1. The van der Waals surface area contributed by atoms with Gasteiger partial charge in [0.05, 0.1) is 10.6 Å². The fourth-order valence-electron chi connectivity index (χ4n) is 2.11. The van der Waals surface area contributed by atoms with Gasteiger partial charge in [-0.1, -0.05) is 30.5 Å². The van der Waals surface area contributed by atoms with Gasteiger partial charge in [0.1, 0.15) is 12.4 Å². The molecule has 0 atom stereocenters. The number of halogens is 1. The van der Waals surface area contributed by atoms with Crippen molar-refractivity contribution in [2.24, 2.45) is 0 Å². The standard InChI is InChI=1S/C13H17ClO2/c1-10-4-5-11(14)12(8-10)16-9-13(15)6-2-3-7-13/h4-5,8,15H,2-3,6-7,9H2,1H3. The lowest BCUT2D eigenvalue weighted by Crippen LogP contribution is -2.32. The van der Waals surface area contributed by atoms with Gasteiger partial charge in [-0.3, -0.25) is 0 Å². The van der Waals surface area contributed by atoms with E-state index in [4.69, 9.17) is 16.3 Å². The third kappa shape index (κ3) is 2.69. The van der Waals surface area contributed by atoms with E-state index in [-0.39, 0.29) is 0 Å². The van der Waals surface area contributed by atoms with Crippen LogP contribution in [0.3, 0.4) is 0 Å². The van der Waals surface area contributed by atoms with E-state index in [0.717, 1.165) is 31.2 Å². The first kappa shape index (κ1) is 11.7. The molecule has 0 saturated heterocycles. The molecule has 0 bridgehead atoms. The maximum absolute atomic E-state index is 10.1. The van der Waals surface area contributed by atoms with Gasteiger partial charge >= 0.3 is 0 Å². The summed E-state index contributed by atoms with van der Waals surface area (Å²) in [5.41, 5.74) is 0.463. The summed E-state index contributed by atoms with van der Waals surface area (Å²) < 4.78 is 5.62. The lowest BCUT2D eigenvalue weighted by Gasteiger charge is -2.22. The van der Waals surface area contributed by atoms with Gasteiger partial charge in [0.2, 0.25) is 0 Å². The average Bonchev–Trinajstić information content (AvgIpc) is 2.67. The zero-order chi connectivity index (χ0) is 11.6. The molecule has 1 fully saturated rings. The maximum atomic E-state index is 10.1. The summed E-state index contributed by atoms with van der Waals surface area (Å²) in [7, 11) is 0. The summed E-state index contributed by atoms with van der Waals surface area (Å²) in [6, 6.07) is 5.67. The van der Waals surface area contributed by atoms with E-state index in [1.54, 1.807) is 0 Å². The van der Waals surface area contributed by atoms with Crippen LogP contribution in [0.1, 0.15) is 31.2 Å². The largest absolute Gasteiger partial charge is 0.489 e. The van der Waals surface area contributed by atoms with Crippen molar-refractivity contribution in [3.05, 3.63) is 28.8 Å². The lowest BCUT2D eigenvalue weighted by atomic mass is 10.0. The first-order valence-electron chi connectivity index (χ1n) is 5.70. The normalized spacial score (nSPS) is 18.7. The van der Waals surface area contributed by atoms with Crippen LogP contribution < -0.4 is 4.74 Å². The number of hydrogen-bond donors (Lipinski definition) is 1. The summed E-state index contributed by atoms with van der Waals surface area (Å²) >= 11 is 6.02. The van der Waals surface area contributed by atoms with Gasteiger partial charge in [0, 0.05) is 0 Å². The minimum absolute atomic E-state index is 0.343. The highest BCUT2D eigenvalue weighted by atomic mass is 35.5. The topological polar surface area (TPSA) is 29.5 Å². The van der Waals surface area contributed by atoms with Crippen LogP contribution in [0.4, 0.5) is 0 Å². The third-order valence-corrected chi connectivity index (χ3v) is 3.43. The average molecular weight is 241 g/mol. The van der Waals surface area contributed by atoms with E-state index in [9.17, 15) is 5.11 Å². The molecule has 1 N–H and O–H groups in total. The molecule has 1 aromatic rings. The van der Waals surface area contributed by atoms with Gasteiger partial charge in [-0.2, -0.15) is 0 Å². The van der Waals surface area contributed by atoms with Gasteiger partial charge in [0.25, 0.3) is 0 Å². The van der Waals surface area contributed by atoms with Crippen molar-refractivity contribution < 1.29 is 9.84 Å². The molecule has 0 heterocycles. The minimum Gasteiger partial charge on any atom is -0.489 e. The highest BCUT2D eigenvalue weighted by Crippen LogP contribution is 2.32. The first-order chi connectivity index (χ1) is 7.59. The Balaban J connectivity index is 2.01. The SMILES string of the molecule is Cc1ccc(Cl)c(OCC2(O)CCCC2)c1. The fourth-order valence-corrected chi connectivity index (χ4v) is 2.28.